The van der Waals surface area contributed by atoms with Crippen LogP contribution in [0, 0.1) is 0 Å². The number of aliphatic hydroxyl groups is 5. The highest BCUT2D eigenvalue weighted by Crippen LogP contribution is 2.26. The van der Waals surface area contributed by atoms with E-state index in [9.17, 15) is 35.1 Å². The third-order valence-electron chi connectivity index (χ3n) is 13.8. The Morgan fingerprint density at radius 3 is 1.57 bits per heavy atom. The average Bonchev–Trinajstić information content (AvgIpc) is 3.41. The van der Waals surface area contributed by atoms with Gasteiger partial charge in [0.05, 0.1) is 25.4 Å². The number of hydrogen-bond donors (Lipinski definition) is 6. The molecule has 6 N–H and O–H groups in total. The lowest BCUT2D eigenvalue weighted by Gasteiger charge is -2.41. The van der Waals surface area contributed by atoms with Crippen LogP contribution in [-0.2, 0) is 23.8 Å². The number of hydrogen-bond acceptors (Lipinski definition) is 10. The fourth-order valence-corrected chi connectivity index (χ4v) is 9.01. The molecule has 75 heavy (non-hydrogen) atoms. The van der Waals surface area contributed by atoms with Crippen molar-refractivity contribution in [2.75, 3.05) is 13.2 Å². The SMILES string of the molecule is CC/C=C/C=C/C=C\CCCCCCCC(=O)OC1C(OCC(NC(=O)C(O)CCCCCCCCCCC/C=C\C/C=C\C/C=C\CCCCC)C(O)/C=C/CCCCCCCCCCC)OC(CO)C(O)C1O. The maximum absolute atomic E-state index is 13.4. The van der Waals surface area contributed by atoms with E-state index in [-0.39, 0.29) is 19.4 Å². The van der Waals surface area contributed by atoms with Gasteiger partial charge in [0.1, 0.15) is 24.4 Å². The molecule has 0 aliphatic carbocycles. The lowest BCUT2D eigenvalue weighted by atomic mass is 9.99. The Labute approximate surface area is 457 Å². The van der Waals surface area contributed by atoms with Crippen LogP contribution in [0.3, 0.4) is 0 Å². The topological polar surface area (TPSA) is 175 Å². The number of esters is 1. The summed E-state index contributed by atoms with van der Waals surface area (Å²) in [4.78, 5) is 26.5. The van der Waals surface area contributed by atoms with Crippen LogP contribution < -0.4 is 5.32 Å². The highest BCUT2D eigenvalue weighted by molar-refractivity contribution is 5.80. The minimum absolute atomic E-state index is 0.0969. The largest absolute Gasteiger partial charge is 0.454 e. The van der Waals surface area contributed by atoms with Gasteiger partial charge >= 0.3 is 5.97 Å². The Bertz CT molecular complexity index is 1540. The molecule has 0 saturated carbocycles. The minimum Gasteiger partial charge on any atom is -0.454 e. The van der Waals surface area contributed by atoms with Crippen LogP contribution in [-0.4, -0.2) is 99.6 Å². The summed E-state index contributed by atoms with van der Waals surface area (Å²) in [6.45, 7) is 5.59. The molecule has 0 spiro atoms. The van der Waals surface area contributed by atoms with E-state index >= 15 is 0 Å². The van der Waals surface area contributed by atoms with Gasteiger partial charge in [-0.2, -0.15) is 0 Å². The zero-order valence-electron chi connectivity index (χ0n) is 47.6. The fraction of sp³-hybridized carbons (Fsp3) is 0.750. The predicted octanol–water partition coefficient (Wildman–Crippen LogP) is 14.2. The second-order valence-electron chi connectivity index (χ2n) is 20.8. The molecule has 11 heteroatoms. The van der Waals surface area contributed by atoms with Gasteiger partial charge in [-0.05, 0) is 83.5 Å². The summed E-state index contributed by atoms with van der Waals surface area (Å²) in [5.41, 5.74) is 0. The molecule has 0 bridgehead atoms. The summed E-state index contributed by atoms with van der Waals surface area (Å²) in [6, 6.07) is -1.03. The number of rotatable bonds is 50. The lowest BCUT2D eigenvalue weighted by molar-refractivity contribution is -0.305. The molecule has 0 aromatic heterocycles. The molecule has 1 aliphatic rings. The van der Waals surface area contributed by atoms with E-state index in [1.807, 2.05) is 24.3 Å². The average molecular weight is 1050 g/mol. The van der Waals surface area contributed by atoms with Crippen LogP contribution in [0.4, 0.5) is 0 Å². The van der Waals surface area contributed by atoms with Gasteiger partial charge in [0.15, 0.2) is 12.4 Å². The molecule has 1 fully saturated rings. The van der Waals surface area contributed by atoms with Gasteiger partial charge in [0, 0.05) is 6.42 Å². The Kier molecular flexibility index (Phi) is 48.0. The number of ether oxygens (including phenoxy) is 3. The number of amides is 1. The lowest BCUT2D eigenvalue weighted by Crippen LogP contribution is -2.61. The second kappa shape index (κ2) is 51.6. The third-order valence-corrected chi connectivity index (χ3v) is 13.8. The molecule has 1 amide bonds. The van der Waals surface area contributed by atoms with Crippen molar-refractivity contribution in [2.45, 2.75) is 294 Å². The van der Waals surface area contributed by atoms with Gasteiger partial charge in [0.2, 0.25) is 5.91 Å². The van der Waals surface area contributed by atoms with Crippen LogP contribution in [0.25, 0.3) is 0 Å². The van der Waals surface area contributed by atoms with Gasteiger partial charge in [-0.15, -0.1) is 0 Å². The Morgan fingerprint density at radius 1 is 0.547 bits per heavy atom. The highest BCUT2D eigenvalue weighted by Gasteiger charge is 2.47. The number of allylic oxidation sites excluding steroid dienone is 13. The molecular formula is C64H111NO10. The summed E-state index contributed by atoms with van der Waals surface area (Å²) in [7, 11) is 0. The van der Waals surface area contributed by atoms with E-state index in [0.717, 1.165) is 96.3 Å². The zero-order chi connectivity index (χ0) is 54.7. The van der Waals surface area contributed by atoms with Crippen molar-refractivity contribution >= 4 is 11.9 Å². The molecule has 1 saturated heterocycles. The molecule has 432 valence electrons. The van der Waals surface area contributed by atoms with E-state index in [0.29, 0.717) is 12.8 Å². The fourth-order valence-electron chi connectivity index (χ4n) is 9.01. The monoisotopic (exact) mass is 1050 g/mol. The summed E-state index contributed by atoms with van der Waals surface area (Å²) >= 11 is 0. The third kappa shape index (κ3) is 39.8. The molecule has 8 atom stereocenters. The predicted molar refractivity (Wildman–Crippen MR) is 310 cm³/mol. The van der Waals surface area contributed by atoms with Crippen molar-refractivity contribution in [2.24, 2.45) is 0 Å². The number of unbranched alkanes of at least 4 members (excludes halogenated alkanes) is 26. The van der Waals surface area contributed by atoms with E-state index in [2.05, 4.69) is 80.8 Å². The first-order valence-electron chi connectivity index (χ1n) is 30.4. The van der Waals surface area contributed by atoms with E-state index in [4.69, 9.17) is 14.2 Å². The first kappa shape index (κ1) is 69.9. The van der Waals surface area contributed by atoms with Crippen LogP contribution in [0.1, 0.15) is 245 Å². The molecule has 0 aromatic carbocycles. The van der Waals surface area contributed by atoms with Crippen molar-refractivity contribution in [3.8, 4) is 0 Å². The van der Waals surface area contributed by atoms with E-state index < -0.39 is 67.4 Å². The maximum atomic E-state index is 13.4. The first-order valence-corrected chi connectivity index (χ1v) is 30.4. The van der Waals surface area contributed by atoms with E-state index in [1.54, 1.807) is 6.08 Å². The van der Waals surface area contributed by atoms with Crippen molar-refractivity contribution in [1.82, 2.24) is 5.32 Å². The molecular weight excluding hydrogens is 943 g/mol. The summed E-state index contributed by atoms with van der Waals surface area (Å²) in [5, 5.41) is 56.9. The van der Waals surface area contributed by atoms with Crippen molar-refractivity contribution < 1.29 is 49.3 Å². The van der Waals surface area contributed by atoms with Crippen molar-refractivity contribution in [1.29, 1.82) is 0 Å². The summed E-state index contributed by atoms with van der Waals surface area (Å²) in [5.74, 6) is -1.22. The van der Waals surface area contributed by atoms with Crippen molar-refractivity contribution in [3.63, 3.8) is 0 Å². The van der Waals surface area contributed by atoms with Gasteiger partial charge in [-0.25, -0.2) is 0 Å². The summed E-state index contributed by atoms with van der Waals surface area (Å²) in [6.07, 6.45) is 56.3. The Morgan fingerprint density at radius 2 is 1.01 bits per heavy atom. The highest BCUT2D eigenvalue weighted by atomic mass is 16.7. The van der Waals surface area contributed by atoms with Crippen LogP contribution >= 0.6 is 0 Å². The molecule has 8 unspecified atom stereocenters. The van der Waals surface area contributed by atoms with Crippen molar-refractivity contribution in [3.05, 3.63) is 85.1 Å². The Balaban J connectivity index is 2.66. The normalized spacial score (nSPS) is 19.8. The Hall–Kier alpha value is -3.16. The van der Waals surface area contributed by atoms with Crippen LogP contribution in [0.15, 0.2) is 85.1 Å². The van der Waals surface area contributed by atoms with E-state index in [1.165, 1.54) is 103 Å². The quantitative estimate of drug-likeness (QED) is 0.0149. The smallest absolute Gasteiger partial charge is 0.306 e. The number of aliphatic hydroxyl groups excluding tert-OH is 5. The summed E-state index contributed by atoms with van der Waals surface area (Å²) < 4.78 is 17.6. The molecule has 1 heterocycles. The van der Waals surface area contributed by atoms with Crippen LogP contribution in [0.2, 0.25) is 0 Å². The molecule has 11 nitrogen and oxygen atoms in total. The van der Waals surface area contributed by atoms with Gasteiger partial charge < -0.3 is 45.1 Å². The van der Waals surface area contributed by atoms with Gasteiger partial charge in [-0.1, -0.05) is 241 Å². The van der Waals surface area contributed by atoms with Crippen LogP contribution in [0.5, 0.6) is 0 Å². The minimum atomic E-state index is -1.63. The molecule has 0 radical (unpaired) electrons. The number of nitrogens with one attached hydrogen (secondary N) is 1. The molecule has 1 rings (SSSR count). The number of carbonyl (C=O) groups excluding carboxylic acids is 2. The first-order chi connectivity index (χ1) is 36.7. The van der Waals surface area contributed by atoms with Gasteiger partial charge in [-0.3, -0.25) is 9.59 Å². The second-order valence-corrected chi connectivity index (χ2v) is 20.8. The number of carbonyl (C=O) groups is 2. The standard InChI is InChI=1S/C64H111NO10/c1-4-7-10-13-16-19-22-24-25-26-27-28-29-30-31-32-34-36-39-42-45-48-51-57(68)63(72)65-55(56(67)50-47-44-41-38-35-21-18-15-12-9-6-3)54-73-64-62(61(71)60(70)58(53-66)74-64)75-59(69)52-49-46-43-40-37-33-23-20-17-14-11-8-5-2/h8,11,14,16-17,19-20,23-25,27-28,47,50,55-58,60-62,64,66-68,70-71H,4-7,9-10,12-13,15,18,21-22,26,29-46,48-49,51-54H2,1-3H3,(H,65,72)/b11-8+,17-14+,19-16-,23-20-,25-24-,28-27-,50-47+. The maximum Gasteiger partial charge on any atom is 0.306 e. The van der Waals surface area contributed by atoms with Gasteiger partial charge in [0.25, 0.3) is 0 Å². The molecule has 1 aliphatic heterocycles. The zero-order valence-corrected chi connectivity index (χ0v) is 47.6. The molecule has 0 aromatic rings.